The smallest absolute Gasteiger partial charge is 0.145 e. The monoisotopic (exact) mass is 322 g/mol. The Morgan fingerprint density at radius 2 is 1.04 bits per heavy atom. The van der Waals surface area contributed by atoms with Gasteiger partial charge in [0.25, 0.3) is 0 Å². The summed E-state index contributed by atoms with van der Waals surface area (Å²) in [6, 6.07) is 0. The van der Waals surface area contributed by atoms with Gasteiger partial charge in [0, 0.05) is 0 Å². The van der Waals surface area contributed by atoms with Crippen LogP contribution in [0.3, 0.4) is 0 Å². The van der Waals surface area contributed by atoms with Crippen molar-refractivity contribution in [2.45, 2.75) is 123 Å². The van der Waals surface area contributed by atoms with Crippen LogP contribution in [-0.4, -0.2) is 6.29 Å². The molecule has 0 heterocycles. The first kappa shape index (κ1) is 22.4. The molecule has 0 radical (unpaired) electrons. The van der Waals surface area contributed by atoms with Crippen molar-refractivity contribution < 1.29 is 4.79 Å². The van der Waals surface area contributed by atoms with Gasteiger partial charge in [0.05, 0.1) is 0 Å². The number of aldehydes is 1. The zero-order chi connectivity index (χ0) is 17.0. The second-order valence-electron chi connectivity index (χ2n) is 7.03. The van der Waals surface area contributed by atoms with Crippen LogP contribution in [0.1, 0.15) is 123 Å². The molecule has 0 aliphatic heterocycles. The fourth-order valence-electron chi connectivity index (χ4n) is 3.06. The van der Waals surface area contributed by atoms with E-state index in [9.17, 15) is 4.79 Å². The zero-order valence-electron chi connectivity index (χ0n) is 16.1. The van der Waals surface area contributed by atoms with Crippen LogP contribution < -0.4 is 0 Å². The lowest BCUT2D eigenvalue weighted by molar-refractivity contribution is -0.105. The largest absolute Gasteiger partial charge is 0.298 e. The molecule has 0 aromatic heterocycles. The molecule has 0 aliphatic rings. The summed E-state index contributed by atoms with van der Waals surface area (Å²) in [5.74, 6) is 0. The highest BCUT2D eigenvalue weighted by Gasteiger charge is 1.97. The Kier molecular flexibility index (Phi) is 19.0. The van der Waals surface area contributed by atoms with Gasteiger partial charge >= 0.3 is 0 Å². The second kappa shape index (κ2) is 19.5. The van der Waals surface area contributed by atoms with Crippen molar-refractivity contribution in [3.05, 3.63) is 11.6 Å². The summed E-state index contributed by atoms with van der Waals surface area (Å²) in [4.78, 5) is 11.1. The fraction of sp³-hybridized carbons (Fsp3) is 0.864. The molecule has 0 bridgehead atoms. The van der Waals surface area contributed by atoms with Gasteiger partial charge in [-0.15, -0.1) is 0 Å². The van der Waals surface area contributed by atoms with Crippen LogP contribution in [-0.2, 0) is 4.79 Å². The molecule has 0 aromatic rings. The highest BCUT2D eigenvalue weighted by atomic mass is 16.1. The summed E-state index contributed by atoms with van der Waals surface area (Å²) in [5, 5.41) is 0. The molecular weight excluding hydrogens is 280 g/mol. The molecule has 0 fully saturated rings. The molecule has 0 rings (SSSR count). The van der Waals surface area contributed by atoms with Gasteiger partial charge in [0.15, 0.2) is 0 Å². The summed E-state index contributed by atoms with van der Waals surface area (Å²) in [6.45, 7) is 4.52. The quantitative estimate of drug-likeness (QED) is 0.143. The van der Waals surface area contributed by atoms with E-state index in [1.807, 2.05) is 0 Å². The Bertz CT molecular complexity index is 267. The van der Waals surface area contributed by atoms with E-state index in [1.54, 1.807) is 0 Å². The van der Waals surface area contributed by atoms with E-state index in [1.165, 1.54) is 96.3 Å². The lowest BCUT2D eigenvalue weighted by atomic mass is 10.0. The zero-order valence-corrected chi connectivity index (χ0v) is 16.1. The molecule has 0 amide bonds. The topological polar surface area (TPSA) is 17.1 Å². The molecule has 0 atom stereocenters. The predicted molar refractivity (Wildman–Crippen MR) is 104 cm³/mol. The lowest BCUT2D eigenvalue weighted by Crippen LogP contribution is -1.88. The molecule has 1 nitrogen and oxygen atoms in total. The van der Waals surface area contributed by atoms with Crippen LogP contribution >= 0.6 is 0 Å². The van der Waals surface area contributed by atoms with E-state index in [0.717, 1.165) is 24.7 Å². The van der Waals surface area contributed by atoms with Crippen molar-refractivity contribution in [3.8, 4) is 0 Å². The number of unbranched alkanes of at least 4 members (excludes halogenated alkanes) is 14. The number of carbonyl (C=O) groups is 1. The molecule has 0 saturated carbocycles. The van der Waals surface area contributed by atoms with Crippen LogP contribution in [0.15, 0.2) is 11.6 Å². The van der Waals surface area contributed by atoms with E-state index in [4.69, 9.17) is 0 Å². The minimum atomic E-state index is 0.994. The fourth-order valence-corrected chi connectivity index (χ4v) is 3.06. The van der Waals surface area contributed by atoms with Gasteiger partial charge in [-0.3, -0.25) is 4.79 Å². The average molecular weight is 323 g/mol. The summed E-state index contributed by atoms with van der Waals surface area (Å²) < 4.78 is 0. The van der Waals surface area contributed by atoms with Crippen molar-refractivity contribution in [1.29, 1.82) is 0 Å². The number of hydrogen-bond donors (Lipinski definition) is 0. The third kappa shape index (κ3) is 17.6. The number of hydrogen-bond acceptors (Lipinski definition) is 1. The van der Waals surface area contributed by atoms with Gasteiger partial charge in [0.1, 0.15) is 6.29 Å². The summed E-state index contributed by atoms with van der Waals surface area (Å²) >= 11 is 0. The Hall–Kier alpha value is -0.590. The first-order chi connectivity index (χ1) is 11.3. The van der Waals surface area contributed by atoms with Gasteiger partial charge in [-0.1, -0.05) is 103 Å². The molecule has 0 unspecified atom stereocenters. The summed E-state index contributed by atoms with van der Waals surface area (Å²) in [7, 11) is 0. The predicted octanol–water partition coefficient (Wildman–Crippen LogP) is 7.78. The van der Waals surface area contributed by atoms with Crippen LogP contribution in [0.25, 0.3) is 0 Å². The van der Waals surface area contributed by atoms with Gasteiger partial charge < -0.3 is 0 Å². The van der Waals surface area contributed by atoms with Crippen molar-refractivity contribution in [2.24, 2.45) is 0 Å². The van der Waals surface area contributed by atoms with Crippen LogP contribution in [0.5, 0.6) is 0 Å². The van der Waals surface area contributed by atoms with Crippen molar-refractivity contribution in [3.63, 3.8) is 0 Å². The highest BCUT2D eigenvalue weighted by molar-refractivity contribution is 5.72. The maximum Gasteiger partial charge on any atom is 0.145 e. The van der Waals surface area contributed by atoms with Crippen LogP contribution in [0, 0.1) is 0 Å². The second-order valence-corrected chi connectivity index (χ2v) is 7.03. The SMILES string of the molecule is CCCCCCCCCCC=C(C=O)CCCCCCCCC. The molecule has 0 N–H and O–H groups in total. The van der Waals surface area contributed by atoms with E-state index in [-0.39, 0.29) is 0 Å². The molecule has 0 aromatic carbocycles. The summed E-state index contributed by atoms with van der Waals surface area (Å²) in [6.07, 6.45) is 25.5. The lowest BCUT2D eigenvalue weighted by Gasteiger charge is -2.03. The molecule has 0 saturated heterocycles. The van der Waals surface area contributed by atoms with Crippen LogP contribution in [0.2, 0.25) is 0 Å². The molecule has 23 heavy (non-hydrogen) atoms. The Morgan fingerprint density at radius 1 is 0.609 bits per heavy atom. The highest BCUT2D eigenvalue weighted by Crippen LogP contribution is 2.14. The molecule has 136 valence electrons. The molecular formula is C22H42O. The van der Waals surface area contributed by atoms with Crippen molar-refractivity contribution >= 4 is 6.29 Å². The van der Waals surface area contributed by atoms with Crippen molar-refractivity contribution in [1.82, 2.24) is 0 Å². The third-order valence-corrected chi connectivity index (χ3v) is 4.68. The van der Waals surface area contributed by atoms with Gasteiger partial charge in [-0.2, -0.15) is 0 Å². The van der Waals surface area contributed by atoms with E-state index in [0.29, 0.717) is 0 Å². The Balaban J connectivity index is 3.44. The Labute approximate surface area is 146 Å². The van der Waals surface area contributed by atoms with Gasteiger partial charge in [-0.05, 0) is 31.3 Å². The maximum absolute atomic E-state index is 11.1. The first-order valence-electron chi connectivity index (χ1n) is 10.5. The summed E-state index contributed by atoms with van der Waals surface area (Å²) in [5.41, 5.74) is 1.04. The number of rotatable bonds is 18. The minimum Gasteiger partial charge on any atom is -0.298 e. The average Bonchev–Trinajstić information content (AvgIpc) is 2.57. The maximum atomic E-state index is 11.1. The van der Waals surface area contributed by atoms with Gasteiger partial charge in [-0.25, -0.2) is 0 Å². The first-order valence-corrected chi connectivity index (χ1v) is 10.5. The standard InChI is InChI=1S/C22H42O/c1-3-5-7-9-11-12-14-16-18-20-22(21-23)19-17-15-13-10-8-6-4-2/h20-21H,3-19H2,1-2H3. The molecule has 0 spiro atoms. The minimum absolute atomic E-state index is 0.994. The number of allylic oxidation sites excluding steroid dienone is 2. The van der Waals surface area contributed by atoms with E-state index in [2.05, 4.69) is 19.9 Å². The Morgan fingerprint density at radius 3 is 1.52 bits per heavy atom. The van der Waals surface area contributed by atoms with Crippen LogP contribution in [0.4, 0.5) is 0 Å². The van der Waals surface area contributed by atoms with Gasteiger partial charge in [0.2, 0.25) is 0 Å². The normalized spacial score (nSPS) is 11.8. The van der Waals surface area contributed by atoms with Crippen molar-refractivity contribution in [2.75, 3.05) is 0 Å². The van der Waals surface area contributed by atoms with E-state index >= 15 is 0 Å². The molecule has 0 aliphatic carbocycles. The van der Waals surface area contributed by atoms with E-state index < -0.39 is 0 Å². The third-order valence-electron chi connectivity index (χ3n) is 4.68. The molecule has 1 heteroatoms. The number of carbonyl (C=O) groups excluding carboxylic acids is 1.